The normalized spacial score (nSPS) is 11.8. The molecule has 0 saturated carbocycles. The number of aryl methyl sites for hydroxylation is 1. The molecule has 2 heterocycles. The largest absolute Gasteiger partial charge is 0.416 e. The van der Waals surface area contributed by atoms with Crippen LogP contribution >= 0.6 is 0 Å². The minimum atomic E-state index is -4.40. The van der Waals surface area contributed by atoms with Gasteiger partial charge in [-0.05, 0) is 36.8 Å². The van der Waals surface area contributed by atoms with Crippen molar-refractivity contribution in [2.24, 2.45) is 5.10 Å². The molecule has 0 saturated heterocycles. The van der Waals surface area contributed by atoms with Gasteiger partial charge in [-0.3, -0.25) is 9.98 Å². The standard InChI is InChI=1S/C21H14F3N7/c1-13-29-18-19(25)30(28-11-14-3-5-15(6-4-14)21(22,23)24)12-27-20(18)31(13)17-9-7-16(26-2)8-10-17/h3-12,25H,1H3/b25-19?,28-11-. The highest BCUT2D eigenvalue weighted by atomic mass is 19.4. The van der Waals surface area contributed by atoms with Crippen molar-refractivity contribution in [1.29, 1.82) is 5.41 Å². The summed E-state index contributed by atoms with van der Waals surface area (Å²) in [5.74, 6) is 0.607. The number of imidazole rings is 1. The zero-order valence-electron chi connectivity index (χ0n) is 16.1. The summed E-state index contributed by atoms with van der Waals surface area (Å²) in [6.45, 7) is 8.83. The lowest BCUT2D eigenvalue weighted by Gasteiger charge is -2.07. The Bertz CT molecular complexity index is 1390. The average molecular weight is 421 g/mol. The maximum Gasteiger partial charge on any atom is 0.416 e. The Balaban J connectivity index is 1.69. The second-order valence-corrected chi connectivity index (χ2v) is 6.60. The zero-order valence-corrected chi connectivity index (χ0v) is 16.1. The second kappa shape index (κ2) is 7.53. The third kappa shape index (κ3) is 3.81. The first kappa shape index (κ1) is 20.0. The highest BCUT2D eigenvalue weighted by Crippen LogP contribution is 2.28. The molecule has 0 unspecified atom stereocenters. The molecule has 154 valence electrons. The van der Waals surface area contributed by atoms with E-state index in [0.29, 0.717) is 28.2 Å². The lowest BCUT2D eigenvalue weighted by molar-refractivity contribution is -0.137. The van der Waals surface area contributed by atoms with Gasteiger partial charge in [-0.1, -0.05) is 24.3 Å². The summed E-state index contributed by atoms with van der Waals surface area (Å²) in [7, 11) is 0. The Kier molecular flexibility index (Phi) is 4.87. The summed E-state index contributed by atoms with van der Waals surface area (Å²) in [6, 6.07) is 11.5. The average Bonchev–Trinajstić information content (AvgIpc) is 3.10. The molecule has 10 heteroatoms. The van der Waals surface area contributed by atoms with E-state index >= 15 is 0 Å². The number of nitrogens with one attached hydrogen (secondary N) is 1. The number of rotatable bonds is 3. The monoisotopic (exact) mass is 421 g/mol. The van der Waals surface area contributed by atoms with Crippen LogP contribution in [0.1, 0.15) is 17.0 Å². The molecule has 0 bridgehead atoms. The van der Waals surface area contributed by atoms with Crippen LogP contribution in [0.2, 0.25) is 0 Å². The molecule has 0 aliphatic rings. The van der Waals surface area contributed by atoms with Crippen molar-refractivity contribution in [3.8, 4) is 5.69 Å². The van der Waals surface area contributed by atoms with E-state index in [1.165, 1.54) is 29.4 Å². The number of alkyl halides is 3. The van der Waals surface area contributed by atoms with Gasteiger partial charge in [0.25, 0.3) is 0 Å². The number of hydrogen-bond acceptors (Lipinski definition) is 4. The molecular formula is C21H14F3N7. The molecule has 7 nitrogen and oxygen atoms in total. The van der Waals surface area contributed by atoms with Gasteiger partial charge in [0.15, 0.2) is 22.3 Å². The Labute approximate surface area is 174 Å². The fourth-order valence-electron chi connectivity index (χ4n) is 3.03. The van der Waals surface area contributed by atoms with Gasteiger partial charge in [-0.2, -0.15) is 18.3 Å². The molecule has 31 heavy (non-hydrogen) atoms. The van der Waals surface area contributed by atoms with E-state index in [1.54, 1.807) is 35.8 Å². The molecule has 2 aromatic carbocycles. The Morgan fingerprint density at radius 3 is 2.39 bits per heavy atom. The van der Waals surface area contributed by atoms with Crippen LogP contribution in [0.3, 0.4) is 0 Å². The maximum atomic E-state index is 12.7. The molecule has 0 amide bonds. The van der Waals surface area contributed by atoms with Gasteiger partial charge in [-0.25, -0.2) is 19.5 Å². The summed E-state index contributed by atoms with van der Waals surface area (Å²) < 4.78 is 41.0. The van der Waals surface area contributed by atoms with Gasteiger partial charge in [0.05, 0.1) is 18.4 Å². The van der Waals surface area contributed by atoms with Crippen LogP contribution in [-0.2, 0) is 6.18 Å². The summed E-state index contributed by atoms with van der Waals surface area (Å²) in [4.78, 5) is 12.1. The topological polar surface area (TPSA) is 76.2 Å². The molecule has 1 N–H and O–H groups in total. The van der Waals surface area contributed by atoms with Crippen LogP contribution in [0.5, 0.6) is 0 Å². The summed E-state index contributed by atoms with van der Waals surface area (Å²) in [5, 5.41) is 12.5. The van der Waals surface area contributed by atoms with E-state index < -0.39 is 11.7 Å². The molecule has 0 aliphatic carbocycles. The SMILES string of the molecule is [C-]#[N+]c1ccc(-n2c(C)nc3c(=N)n(/N=C\c4ccc(C(F)(F)F)cc4)cnc32)cc1. The summed E-state index contributed by atoms with van der Waals surface area (Å²) >= 11 is 0. The molecule has 0 atom stereocenters. The van der Waals surface area contributed by atoms with Crippen LogP contribution < -0.4 is 5.49 Å². The van der Waals surface area contributed by atoms with Gasteiger partial charge < -0.3 is 0 Å². The highest BCUT2D eigenvalue weighted by Gasteiger charge is 2.29. The fourth-order valence-corrected chi connectivity index (χ4v) is 3.03. The zero-order chi connectivity index (χ0) is 22.2. The molecular weight excluding hydrogens is 407 g/mol. The number of halogens is 3. The first-order chi connectivity index (χ1) is 14.8. The lowest BCUT2D eigenvalue weighted by atomic mass is 10.1. The van der Waals surface area contributed by atoms with Crippen LogP contribution in [-0.4, -0.2) is 25.4 Å². The van der Waals surface area contributed by atoms with Crippen molar-refractivity contribution in [2.75, 3.05) is 0 Å². The van der Waals surface area contributed by atoms with E-state index in [9.17, 15) is 13.2 Å². The molecule has 0 radical (unpaired) electrons. The summed E-state index contributed by atoms with van der Waals surface area (Å²) in [5.41, 5.74) is 1.72. The third-order valence-electron chi connectivity index (χ3n) is 4.57. The van der Waals surface area contributed by atoms with Crippen molar-refractivity contribution in [1.82, 2.24) is 19.2 Å². The number of benzene rings is 2. The predicted octanol–water partition coefficient (Wildman–Crippen LogP) is 4.46. The first-order valence-electron chi connectivity index (χ1n) is 8.99. The van der Waals surface area contributed by atoms with Crippen LogP contribution in [0, 0.1) is 18.9 Å². The van der Waals surface area contributed by atoms with Crippen LogP contribution in [0.25, 0.3) is 21.7 Å². The molecule has 2 aromatic heterocycles. The van der Waals surface area contributed by atoms with Crippen molar-refractivity contribution < 1.29 is 13.2 Å². The summed E-state index contributed by atoms with van der Waals surface area (Å²) in [6.07, 6.45) is -1.71. The van der Waals surface area contributed by atoms with Crippen LogP contribution in [0.15, 0.2) is 60.0 Å². The van der Waals surface area contributed by atoms with Crippen molar-refractivity contribution in [3.63, 3.8) is 0 Å². The number of hydrogen-bond donors (Lipinski definition) is 1. The van der Waals surface area contributed by atoms with Gasteiger partial charge in [0.1, 0.15) is 12.2 Å². The predicted molar refractivity (Wildman–Crippen MR) is 108 cm³/mol. The quantitative estimate of drug-likeness (QED) is 0.392. The Hall–Kier alpha value is -4.26. The third-order valence-corrected chi connectivity index (χ3v) is 4.57. The van der Waals surface area contributed by atoms with E-state index in [1.807, 2.05) is 0 Å². The van der Waals surface area contributed by atoms with Gasteiger partial charge in [-0.15, -0.1) is 0 Å². The number of fused-ring (bicyclic) bond motifs is 1. The van der Waals surface area contributed by atoms with Gasteiger partial charge in [0, 0.05) is 5.69 Å². The van der Waals surface area contributed by atoms with Crippen molar-refractivity contribution in [2.45, 2.75) is 13.1 Å². The van der Waals surface area contributed by atoms with E-state index in [4.69, 9.17) is 12.0 Å². The highest BCUT2D eigenvalue weighted by molar-refractivity contribution is 5.79. The molecule has 0 fully saturated rings. The second-order valence-electron chi connectivity index (χ2n) is 6.60. The minimum Gasteiger partial charge on any atom is -0.281 e. The minimum absolute atomic E-state index is 0.0206. The van der Waals surface area contributed by atoms with E-state index in [0.717, 1.165) is 17.8 Å². The molecule has 4 aromatic rings. The number of aromatic nitrogens is 4. The molecule has 0 aliphatic heterocycles. The Morgan fingerprint density at radius 2 is 1.77 bits per heavy atom. The van der Waals surface area contributed by atoms with Gasteiger partial charge in [0.2, 0.25) is 0 Å². The number of nitrogens with zero attached hydrogens (tertiary/aromatic N) is 6. The van der Waals surface area contributed by atoms with E-state index in [-0.39, 0.29) is 5.49 Å². The van der Waals surface area contributed by atoms with Gasteiger partial charge >= 0.3 is 6.18 Å². The van der Waals surface area contributed by atoms with Crippen molar-refractivity contribution >= 4 is 23.1 Å². The molecule has 4 rings (SSSR count). The fraction of sp³-hybridized carbons (Fsp3) is 0.0952. The lowest BCUT2D eigenvalue weighted by Crippen LogP contribution is -2.18. The Morgan fingerprint density at radius 1 is 1.10 bits per heavy atom. The maximum absolute atomic E-state index is 12.7. The van der Waals surface area contributed by atoms with Crippen LogP contribution in [0.4, 0.5) is 18.9 Å². The first-order valence-corrected chi connectivity index (χ1v) is 8.99. The van der Waals surface area contributed by atoms with Crippen molar-refractivity contribution in [3.05, 3.63) is 88.7 Å². The smallest absolute Gasteiger partial charge is 0.281 e. The molecule has 0 spiro atoms. The van der Waals surface area contributed by atoms with E-state index in [2.05, 4.69) is 19.9 Å².